The standard InChI is InChI=1S/C20H22N2O6/c1-10-17(12(3)23)11(2)21-18(10)20(25)28-13(4)19(24)22-14-5-6-15-16(9-14)27-8-7-26-15/h5-6,9,13,21H,7-8H2,1-4H3,(H,22,24)/t13-/m0/s1. The maximum Gasteiger partial charge on any atom is 0.355 e. The number of fused-ring (bicyclic) bond motifs is 1. The highest BCUT2D eigenvalue weighted by molar-refractivity contribution is 6.02. The summed E-state index contributed by atoms with van der Waals surface area (Å²) in [6, 6.07) is 5.03. The van der Waals surface area contributed by atoms with Crippen LogP contribution >= 0.6 is 0 Å². The van der Waals surface area contributed by atoms with Crippen LogP contribution in [-0.4, -0.2) is 42.0 Å². The first-order valence-electron chi connectivity index (χ1n) is 8.89. The number of aromatic amines is 1. The van der Waals surface area contributed by atoms with Crippen molar-refractivity contribution in [3.8, 4) is 11.5 Å². The quantitative estimate of drug-likeness (QED) is 0.604. The molecule has 1 atom stereocenters. The van der Waals surface area contributed by atoms with Crippen molar-refractivity contribution in [2.24, 2.45) is 0 Å². The largest absolute Gasteiger partial charge is 0.486 e. The maximum atomic E-state index is 12.4. The Morgan fingerprint density at radius 2 is 1.82 bits per heavy atom. The second-order valence-corrected chi connectivity index (χ2v) is 6.58. The van der Waals surface area contributed by atoms with Crippen molar-refractivity contribution < 1.29 is 28.6 Å². The summed E-state index contributed by atoms with van der Waals surface area (Å²) in [5, 5.41) is 2.68. The molecule has 148 valence electrons. The van der Waals surface area contributed by atoms with Gasteiger partial charge in [0.05, 0.1) is 0 Å². The molecule has 1 aliphatic heterocycles. The lowest BCUT2D eigenvalue weighted by Gasteiger charge is -2.19. The van der Waals surface area contributed by atoms with E-state index in [1.807, 2.05) is 0 Å². The molecule has 0 unspecified atom stereocenters. The van der Waals surface area contributed by atoms with E-state index in [0.717, 1.165) is 0 Å². The molecule has 2 N–H and O–H groups in total. The monoisotopic (exact) mass is 386 g/mol. The van der Waals surface area contributed by atoms with Gasteiger partial charge in [-0.25, -0.2) is 4.79 Å². The summed E-state index contributed by atoms with van der Waals surface area (Å²) in [7, 11) is 0. The van der Waals surface area contributed by atoms with Crippen LogP contribution in [0.1, 0.15) is 46.0 Å². The highest BCUT2D eigenvalue weighted by Crippen LogP contribution is 2.32. The van der Waals surface area contributed by atoms with E-state index in [1.165, 1.54) is 13.8 Å². The lowest BCUT2D eigenvalue weighted by Crippen LogP contribution is -2.30. The average Bonchev–Trinajstić information content (AvgIpc) is 2.96. The molecule has 28 heavy (non-hydrogen) atoms. The number of benzene rings is 1. The van der Waals surface area contributed by atoms with Crippen LogP contribution in [0.3, 0.4) is 0 Å². The number of aromatic nitrogens is 1. The molecule has 1 amide bonds. The fourth-order valence-corrected chi connectivity index (χ4v) is 3.12. The fourth-order valence-electron chi connectivity index (χ4n) is 3.12. The van der Waals surface area contributed by atoms with Gasteiger partial charge in [0.1, 0.15) is 18.9 Å². The van der Waals surface area contributed by atoms with Gasteiger partial charge in [0.15, 0.2) is 23.4 Å². The average molecular weight is 386 g/mol. The number of nitrogens with one attached hydrogen (secondary N) is 2. The molecule has 2 heterocycles. The number of ether oxygens (including phenoxy) is 3. The summed E-state index contributed by atoms with van der Waals surface area (Å²) >= 11 is 0. The van der Waals surface area contributed by atoms with Crippen molar-refractivity contribution in [1.82, 2.24) is 4.98 Å². The van der Waals surface area contributed by atoms with E-state index in [2.05, 4.69) is 10.3 Å². The number of ketones is 1. The van der Waals surface area contributed by atoms with Gasteiger partial charge in [-0.15, -0.1) is 0 Å². The number of H-pyrrole nitrogens is 1. The predicted octanol–water partition coefficient (Wildman–Crippen LogP) is 2.79. The maximum absolute atomic E-state index is 12.4. The van der Waals surface area contributed by atoms with Crippen molar-refractivity contribution in [2.75, 3.05) is 18.5 Å². The summed E-state index contributed by atoms with van der Waals surface area (Å²) in [5.41, 5.74) is 2.23. The number of amides is 1. The van der Waals surface area contributed by atoms with E-state index >= 15 is 0 Å². The van der Waals surface area contributed by atoms with Gasteiger partial charge in [-0.2, -0.15) is 0 Å². The van der Waals surface area contributed by atoms with Crippen LogP contribution in [0, 0.1) is 13.8 Å². The number of rotatable bonds is 5. The number of aryl methyl sites for hydroxylation is 1. The summed E-state index contributed by atoms with van der Waals surface area (Å²) < 4.78 is 16.2. The third kappa shape index (κ3) is 3.85. The van der Waals surface area contributed by atoms with E-state index in [1.54, 1.807) is 32.0 Å². The molecule has 1 aliphatic rings. The normalized spacial score (nSPS) is 13.6. The van der Waals surface area contributed by atoms with Gasteiger partial charge in [-0.1, -0.05) is 0 Å². The third-order valence-electron chi connectivity index (χ3n) is 4.46. The minimum atomic E-state index is -1.04. The van der Waals surface area contributed by atoms with Gasteiger partial charge < -0.3 is 24.5 Å². The molecule has 1 aromatic carbocycles. The smallest absolute Gasteiger partial charge is 0.355 e. The molecule has 0 radical (unpaired) electrons. The molecule has 0 bridgehead atoms. The summed E-state index contributed by atoms with van der Waals surface area (Å²) in [5.74, 6) is -0.170. The molecule has 0 saturated heterocycles. The molecule has 1 aromatic heterocycles. The Balaban J connectivity index is 1.67. The third-order valence-corrected chi connectivity index (χ3v) is 4.46. The Labute approximate surface area is 162 Å². The van der Waals surface area contributed by atoms with Gasteiger partial charge in [0, 0.05) is 23.0 Å². The first-order chi connectivity index (χ1) is 13.3. The number of anilines is 1. The molecule has 0 spiro atoms. The Kier molecular flexibility index (Phi) is 5.39. The Hall–Kier alpha value is -3.29. The molecular weight excluding hydrogens is 364 g/mol. The van der Waals surface area contributed by atoms with Gasteiger partial charge in [-0.05, 0) is 45.4 Å². The zero-order chi connectivity index (χ0) is 20.4. The van der Waals surface area contributed by atoms with E-state index < -0.39 is 18.0 Å². The number of hydrogen-bond donors (Lipinski definition) is 2. The minimum Gasteiger partial charge on any atom is -0.486 e. The van der Waals surface area contributed by atoms with Gasteiger partial charge in [0.2, 0.25) is 0 Å². The number of Topliss-reactive ketones (excluding diaryl/α,β-unsaturated/α-hetero) is 1. The van der Waals surface area contributed by atoms with Crippen molar-refractivity contribution in [1.29, 1.82) is 0 Å². The van der Waals surface area contributed by atoms with Gasteiger partial charge >= 0.3 is 5.97 Å². The zero-order valence-corrected chi connectivity index (χ0v) is 16.2. The van der Waals surface area contributed by atoms with Crippen molar-refractivity contribution in [3.05, 3.63) is 40.7 Å². The zero-order valence-electron chi connectivity index (χ0n) is 16.2. The van der Waals surface area contributed by atoms with E-state index in [0.29, 0.717) is 47.2 Å². The second-order valence-electron chi connectivity index (χ2n) is 6.58. The Bertz CT molecular complexity index is 946. The summed E-state index contributed by atoms with van der Waals surface area (Å²) in [6.07, 6.45) is -1.04. The fraction of sp³-hybridized carbons (Fsp3) is 0.350. The van der Waals surface area contributed by atoms with E-state index in [-0.39, 0.29) is 11.5 Å². The predicted molar refractivity (Wildman–Crippen MR) is 101 cm³/mol. The topological polar surface area (TPSA) is 107 Å². The highest BCUT2D eigenvalue weighted by atomic mass is 16.6. The van der Waals surface area contributed by atoms with Crippen LogP contribution in [0.4, 0.5) is 5.69 Å². The molecule has 0 fully saturated rings. The lowest BCUT2D eigenvalue weighted by molar-refractivity contribution is -0.123. The van der Waals surface area contributed by atoms with Crippen molar-refractivity contribution in [2.45, 2.75) is 33.8 Å². The van der Waals surface area contributed by atoms with Gasteiger partial charge in [0.25, 0.3) is 5.91 Å². The molecule has 0 saturated carbocycles. The Morgan fingerprint density at radius 1 is 1.14 bits per heavy atom. The van der Waals surface area contributed by atoms with Crippen LogP contribution in [0.5, 0.6) is 11.5 Å². The van der Waals surface area contributed by atoms with Crippen molar-refractivity contribution in [3.63, 3.8) is 0 Å². The molecule has 8 heteroatoms. The second kappa shape index (κ2) is 7.75. The number of carbonyl (C=O) groups excluding carboxylic acids is 3. The first-order valence-corrected chi connectivity index (χ1v) is 8.89. The number of esters is 1. The van der Waals surface area contributed by atoms with Crippen LogP contribution in [0.2, 0.25) is 0 Å². The molecular formula is C20H22N2O6. The van der Waals surface area contributed by atoms with Crippen LogP contribution in [0.25, 0.3) is 0 Å². The number of hydrogen-bond acceptors (Lipinski definition) is 6. The SMILES string of the molecule is CC(=O)c1c(C)[nH]c(C(=O)O[C@@H](C)C(=O)Nc2ccc3c(c2)OCCO3)c1C. The Morgan fingerprint density at radius 3 is 2.46 bits per heavy atom. The minimum absolute atomic E-state index is 0.144. The first kappa shape index (κ1) is 19.5. The van der Waals surface area contributed by atoms with Crippen LogP contribution in [-0.2, 0) is 9.53 Å². The molecule has 8 nitrogen and oxygen atoms in total. The lowest BCUT2D eigenvalue weighted by atomic mass is 10.1. The van der Waals surface area contributed by atoms with Crippen LogP contribution < -0.4 is 14.8 Å². The summed E-state index contributed by atoms with van der Waals surface area (Å²) in [6.45, 7) is 7.20. The molecule has 0 aliphatic carbocycles. The molecule has 2 aromatic rings. The number of carbonyl (C=O) groups is 3. The summed E-state index contributed by atoms with van der Waals surface area (Å²) in [4.78, 5) is 39.4. The van der Waals surface area contributed by atoms with Crippen LogP contribution in [0.15, 0.2) is 18.2 Å². The van der Waals surface area contributed by atoms with Gasteiger partial charge in [-0.3, -0.25) is 9.59 Å². The van der Waals surface area contributed by atoms with E-state index in [9.17, 15) is 14.4 Å². The molecule has 3 rings (SSSR count). The van der Waals surface area contributed by atoms with E-state index in [4.69, 9.17) is 14.2 Å². The highest BCUT2D eigenvalue weighted by Gasteiger charge is 2.25. The van der Waals surface area contributed by atoms with Crippen molar-refractivity contribution >= 4 is 23.3 Å².